The summed E-state index contributed by atoms with van der Waals surface area (Å²) in [6.45, 7) is 6.77. The van der Waals surface area contributed by atoms with Crippen LogP contribution in [0.1, 0.15) is 35.6 Å². The van der Waals surface area contributed by atoms with Gasteiger partial charge in [0.2, 0.25) is 0 Å². The summed E-state index contributed by atoms with van der Waals surface area (Å²) in [5.74, 6) is -3.99. The first-order chi connectivity index (χ1) is 14.3. The van der Waals surface area contributed by atoms with Crippen LogP contribution in [0.3, 0.4) is 0 Å². The topological polar surface area (TPSA) is 88.0 Å². The Morgan fingerprint density at radius 1 is 1.19 bits per heavy atom. The van der Waals surface area contributed by atoms with E-state index in [0.29, 0.717) is 33.7 Å². The fraction of sp³-hybridized carbons (Fsp3) is 0.381. The Kier molecular flexibility index (Phi) is 6.13. The van der Waals surface area contributed by atoms with Crippen molar-refractivity contribution in [2.45, 2.75) is 32.7 Å². The number of aromatic nitrogens is 3. The van der Waals surface area contributed by atoms with Gasteiger partial charge >= 0.3 is 0 Å². The third-order valence-corrected chi connectivity index (χ3v) is 6.28. The van der Waals surface area contributed by atoms with E-state index in [9.17, 15) is 17.7 Å². The number of pyridine rings is 1. The largest absolute Gasteiger partial charge is 0.390 e. The summed E-state index contributed by atoms with van der Waals surface area (Å²) in [6, 6.07) is 4.57. The first kappa shape index (κ1) is 23.2. The minimum absolute atomic E-state index is 0.00213. The number of rotatable bonds is 6. The molecule has 166 valence electrons. The maximum Gasteiger partial charge on any atom is 0.298 e. The van der Waals surface area contributed by atoms with E-state index >= 15 is 0 Å². The fourth-order valence-corrected chi connectivity index (χ4v) is 4.13. The first-order valence-electron chi connectivity index (χ1n) is 9.61. The zero-order valence-corrected chi connectivity index (χ0v) is 18.8. The second-order valence-corrected chi connectivity index (χ2v) is 11.0. The highest BCUT2D eigenvalue weighted by Crippen LogP contribution is 2.37. The van der Waals surface area contributed by atoms with E-state index in [0.717, 1.165) is 6.07 Å². The molecule has 0 aliphatic rings. The predicted molar refractivity (Wildman–Crippen MR) is 115 cm³/mol. The molecule has 2 heterocycles. The summed E-state index contributed by atoms with van der Waals surface area (Å²) in [5.41, 5.74) is 0.674. The molecule has 0 bridgehead atoms. The number of fused-ring (bicyclic) bond motifs is 1. The van der Waals surface area contributed by atoms with Gasteiger partial charge in [0, 0.05) is 10.9 Å². The monoisotopic (exact) mass is 452 g/mol. The van der Waals surface area contributed by atoms with Gasteiger partial charge in [-0.2, -0.15) is 8.78 Å². The zero-order chi connectivity index (χ0) is 23.1. The molecule has 31 heavy (non-hydrogen) atoms. The minimum atomic E-state index is -3.70. The molecule has 0 aliphatic heterocycles. The summed E-state index contributed by atoms with van der Waals surface area (Å²) >= 11 is 0. The third kappa shape index (κ3) is 4.57. The van der Waals surface area contributed by atoms with Gasteiger partial charge in [-0.15, -0.1) is 0 Å². The van der Waals surface area contributed by atoms with Crippen LogP contribution in [0.25, 0.3) is 10.9 Å². The molecule has 0 unspecified atom stereocenters. The van der Waals surface area contributed by atoms with Gasteiger partial charge in [-0.05, 0) is 46.2 Å². The molecule has 0 saturated heterocycles. The van der Waals surface area contributed by atoms with Crippen molar-refractivity contribution in [1.29, 1.82) is 0 Å². The molecule has 2 N–H and O–H groups in total. The van der Waals surface area contributed by atoms with Gasteiger partial charge in [0.05, 0.1) is 22.8 Å². The maximum atomic E-state index is 14.9. The van der Waals surface area contributed by atoms with E-state index in [4.69, 9.17) is 5.11 Å². The number of halogens is 3. The summed E-state index contributed by atoms with van der Waals surface area (Å²) in [6.07, 6.45) is 0. The van der Waals surface area contributed by atoms with E-state index in [2.05, 4.69) is 20.3 Å². The molecule has 3 rings (SSSR count). The van der Waals surface area contributed by atoms with Gasteiger partial charge in [0.25, 0.3) is 5.92 Å². The Bertz CT molecular complexity index is 1200. The van der Waals surface area contributed by atoms with E-state index < -0.39 is 37.1 Å². The van der Waals surface area contributed by atoms with E-state index in [1.165, 1.54) is 12.1 Å². The van der Waals surface area contributed by atoms with Crippen LogP contribution < -0.4 is 10.8 Å². The third-order valence-electron chi connectivity index (χ3n) is 4.95. The van der Waals surface area contributed by atoms with Crippen LogP contribution in [0.2, 0.25) is 0 Å². The number of nitrogens with one attached hydrogen (secondary N) is 1. The van der Waals surface area contributed by atoms with Crippen molar-refractivity contribution in [2.24, 2.45) is 0 Å². The van der Waals surface area contributed by atoms with Crippen LogP contribution in [-0.2, 0) is 10.5 Å². The van der Waals surface area contributed by atoms with Gasteiger partial charge < -0.3 is 15.0 Å². The average Bonchev–Trinajstić information content (AvgIpc) is 2.67. The van der Waals surface area contributed by atoms with E-state index in [1.54, 1.807) is 40.2 Å². The van der Waals surface area contributed by atoms with Gasteiger partial charge in [0.1, 0.15) is 36.6 Å². The molecule has 0 saturated carbocycles. The number of alkyl halides is 2. The zero-order valence-electron chi connectivity index (χ0n) is 17.9. The second kappa shape index (κ2) is 8.20. The van der Waals surface area contributed by atoms with E-state index in [1.807, 2.05) is 0 Å². The van der Waals surface area contributed by atoms with E-state index in [-0.39, 0.29) is 5.56 Å². The van der Waals surface area contributed by atoms with Crippen LogP contribution in [0, 0.1) is 19.7 Å². The van der Waals surface area contributed by atoms with Crippen molar-refractivity contribution in [2.75, 3.05) is 25.3 Å². The van der Waals surface area contributed by atoms with Crippen molar-refractivity contribution in [3.05, 3.63) is 52.7 Å². The lowest BCUT2D eigenvalue weighted by atomic mass is 10.00. The number of hydrogen-bond acceptors (Lipinski definition) is 6. The molecule has 6 nitrogen and oxygen atoms in total. The fourth-order valence-electron chi connectivity index (χ4n) is 3.30. The standard InChI is InChI=1S/C21H24F3N4O2P/c1-11(14-7-6-8-16(18(14)22)21(23,24)10-29)26-20-15-9-17(31(4,5)30)25-12(2)19(15)27-13(3)28-20/h6-9,11,29H,10H2,1-5H3,(H,26,27,28)/t11-/m1/s1. The Morgan fingerprint density at radius 3 is 2.48 bits per heavy atom. The number of benzene rings is 1. The number of aliphatic hydroxyl groups excluding tert-OH is 1. The summed E-state index contributed by atoms with van der Waals surface area (Å²) < 4.78 is 55.3. The SMILES string of the molecule is Cc1nc(N[C@H](C)c2cccc(C(F)(F)CO)c2F)c2cc(P(C)(C)=O)nc(C)c2n1. The highest BCUT2D eigenvalue weighted by Gasteiger charge is 2.35. The van der Waals surface area contributed by atoms with Gasteiger partial charge in [-0.25, -0.2) is 19.3 Å². The molecule has 0 amide bonds. The first-order valence-corrected chi connectivity index (χ1v) is 12.2. The van der Waals surface area contributed by atoms with Crippen LogP contribution in [0.5, 0.6) is 0 Å². The van der Waals surface area contributed by atoms with Crippen molar-refractivity contribution in [3.63, 3.8) is 0 Å². The smallest absolute Gasteiger partial charge is 0.298 e. The molecular weight excluding hydrogens is 428 g/mol. The Morgan fingerprint density at radius 2 is 1.87 bits per heavy atom. The summed E-state index contributed by atoms with van der Waals surface area (Å²) in [4.78, 5) is 13.2. The number of hydrogen-bond donors (Lipinski definition) is 2. The van der Waals surface area contributed by atoms with Crippen LogP contribution in [0.4, 0.5) is 19.0 Å². The molecule has 2 aromatic heterocycles. The molecule has 0 radical (unpaired) electrons. The van der Waals surface area contributed by atoms with Crippen LogP contribution >= 0.6 is 7.14 Å². The lowest BCUT2D eigenvalue weighted by molar-refractivity contribution is -0.0583. The van der Waals surface area contributed by atoms with Crippen molar-refractivity contribution < 1.29 is 22.8 Å². The number of anilines is 1. The normalized spacial score (nSPS) is 13.5. The van der Waals surface area contributed by atoms with Gasteiger partial charge in [0.15, 0.2) is 0 Å². The van der Waals surface area contributed by atoms with Crippen molar-refractivity contribution in [3.8, 4) is 0 Å². The lowest BCUT2D eigenvalue weighted by Crippen LogP contribution is -2.22. The average molecular weight is 452 g/mol. The number of aryl methyl sites for hydroxylation is 2. The summed E-state index contributed by atoms with van der Waals surface area (Å²) in [5, 5.41) is 12.6. The second-order valence-electron chi connectivity index (χ2n) is 7.87. The maximum absolute atomic E-state index is 14.9. The number of nitrogens with zero attached hydrogens (tertiary/aromatic N) is 3. The molecule has 1 atom stereocenters. The highest BCUT2D eigenvalue weighted by molar-refractivity contribution is 7.69. The Labute approximate surface area is 178 Å². The summed E-state index contributed by atoms with van der Waals surface area (Å²) in [7, 11) is -2.67. The van der Waals surface area contributed by atoms with Crippen molar-refractivity contribution in [1.82, 2.24) is 15.0 Å². The molecule has 0 fully saturated rings. The molecular formula is C21H24F3N4O2P. The lowest BCUT2D eigenvalue weighted by Gasteiger charge is -2.21. The highest BCUT2D eigenvalue weighted by atomic mass is 31.2. The molecule has 0 aliphatic carbocycles. The number of aliphatic hydroxyl groups is 1. The van der Waals surface area contributed by atoms with Crippen molar-refractivity contribution >= 4 is 29.3 Å². The predicted octanol–water partition coefficient (Wildman–Crippen LogP) is 4.29. The quantitative estimate of drug-likeness (QED) is 0.543. The Balaban J connectivity index is 2.11. The minimum Gasteiger partial charge on any atom is -0.390 e. The van der Waals surface area contributed by atoms with Crippen LogP contribution in [0.15, 0.2) is 24.3 Å². The molecule has 10 heteroatoms. The van der Waals surface area contributed by atoms with Gasteiger partial charge in [-0.3, -0.25) is 0 Å². The van der Waals surface area contributed by atoms with Crippen LogP contribution in [-0.4, -0.2) is 40.0 Å². The molecule has 1 aromatic carbocycles. The Hall–Kier alpha value is -2.51. The molecule has 0 spiro atoms. The molecule has 3 aromatic rings. The van der Waals surface area contributed by atoms with Gasteiger partial charge in [-0.1, -0.05) is 12.1 Å².